The highest BCUT2D eigenvalue weighted by molar-refractivity contribution is 5.92. The van der Waals surface area contributed by atoms with E-state index in [1.165, 1.54) is 19.3 Å². The van der Waals surface area contributed by atoms with E-state index in [0.717, 1.165) is 18.9 Å². The number of primary amides is 1. The zero-order valence-corrected chi connectivity index (χ0v) is 11.1. The van der Waals surface area contributed by atoms with Gasteiger partial charge in [0.2, 0.25) is 5.91 Å². The molecule has 0 aliphatic carbocycles. The second-order valence-electron chi connectivity index (χ2n) is 3.82. The maximum absolute atomic E-state index is 10.9. The number of nitrogens with two attached hydrogens (primary N) is 1. The van der Waals surface area contributed by atoms with Crippen molar-refractivity contribution in [1.29, 1.82) is 0 Å². The van der Waals surface area contributed by atoms with Gasteiger partial charge in [-0.05, 0) is 31.4 Å². The monoisotopic (exact) mass is 277 g/mol. The molecule has 1 amide bonds. The Kier molecular flexibility index (Phi) is 6.92. The molecular weight excluding hydrogens is 261 g/mol. The Morgan fingerprint density at radius 3 is 2.29 bits per heavy atom. The molecule has 0 radical (unpaired) electrons. The Morgan fingerprint density at radius 1 is 1.18 bits per heavy atom. The number of anilines is 1. The maximum Gasteiger partial charge on any atom is 0.250 e. The number of carbonyl (C=O) groups is 1. The molecule has 6 heteroatoms. The van der Waals surface area contributed by atoms with Crippen molar-refractivity contribution in [2.45, 2.75) is 19.3 Å². The van der Waals surface area contributed by atoms with Gasteiger partial charge >= 0.3 is 0 Å². The van der Waals surface area contributed by atoms with Gasteiger partial charge in [-0.15, -0.1) is 24.8 Å². The van der Waals surface area contributed by atoms with Crippen LogP contribution >= 0.6 is 24.8 Å². The Balaban J connectivity index is 0.00000128. The molecule has 1 fully saturated rings. The van der Waals surface area contributed by atoms with Gasteiger partial charge < -0.3 is 10.6 Å². The van der Waals surface area contributed by atoms with Gasteiger partial charge in [0.1, 0.15) is 5.82 Å². The Morgan fingerprint density at radius 2 is 1.82 bits per heavy atom. The fourth-order valence-electron chi connectivity index (χ4n) is 1.84. The van der Waals surface area contributed by atoms with Crippen molar-refractivity contribution in [2.75, 3.05) is 18.0 Å². The van der Waals surface area contributed by atoms with Gasteiger partial charge in [0.25, 0.3) is 0 Å². The number of pyridine rings is 1. The summed E-state index contributed by atoms with van der Waals surface area (Å²) in [5.41, 5.74) is 5.62. The fraction of sp³-hybridized carbons (Fsp3) is 0.455. The molecule has 1 aromatic heterocycles. The van der Waals surface area contributed by atoms with Crippen LogP contribution in [0.3, 0.4) is 0 Å². The van der Waals surface area contributed by atoms with Gasteiger partial charge in [0.05, 0.1) is 5.56 Å². The lowest BCUT2D eigenvalue weighted by Gasteiger charge is -2.27. The number of aromatic nitrogens is 1. The normalized spacial score (nSPS) is 14.5. The van der Waals surface area contributed by atoms with Crippen molar-refractivity contribution >= 4 is 36.5 Å². The molecule has 17 heavy (non-hydrogen) atoms. The first-order valence-electron chi connectivity index (χ1n) is 5.28. The topological polar surface area (TPSA) is 59.2 Å². The minimum atomic E-state index is -0.423. The van der Waals surface area contributed by atoms with Gasteiger partial charge in [-0.25, -0.2) is 4.98 Å². The minimum Gasteiger partial charge on any atom is -0.366 e. The Hall–Kier alpha value is -1.00. The van der Waals surface area contributed by atoms with Gasteiger partial charge in [-0.2, -0.15) is 0 Å². The second kappa shape index (κ2) is 7.35. The van der Waals surface area contributed by atoms with Crippen LogP contribution < -0.4 is 10.6 Å². The summed E-state index contributed by atoms with van der Waals surface area (Å²) < 4.78 is 0. The van der Waals surface area contributed by atoms with E-state index < -0.39 is 5.91 Å². The van der Waals surface area contributed by atoms with E-state index in [9.17, 15) is 4.79 Å². The molecule has 4 nitrogen and oxygen atoms in total. The van der Waals surface area contributed by atoms with E-state index >= 15 is 0 Å². The van der Waals surface area contributed by atoms with E-state index in [1.807, 2.05) is 6.07 Å². The Bertz CT molecular complexity index is 350. The van der Waals surface area contributed by atoms with Crippen LogP contribution in [0.4, 0.5) is 5.82 Å². The zero-order chi connectivity index (χ0) is 10.7. The van der Waals surface area contributed by atoms with Gasteiger partial charge in [0.15, 0.2) is 0 Å². The lowest BCUT2D eigenvalue weighted by Crippen LogP contribution is -2.30. The number of rotatable bonds is 2. The first kappa shape index (κ1) is 16.0. The lowest BCUT2D eigenvalue weighted by molar-refractivity contribution is 0.1000. The third-order valence-electron chi connectivity index (χ3n) is 2.71. The lowest BCUT2D eigenvalue weighted by atomic mass is 10.1. The van der Waals surface area contributed by atoms with Crippen molar-refractivity contribution in [1.82, 2.24) is 4.98 Å². The van der Waals surface area contributed by atoms with E-state index in [-0.39, 0.29) is 24.8 Å². The van der Waals surface area contributed by atoms with Crippen LogP contribution in [0.2, 0.25) is 0 Å². The largest absolute Gasteiger partial charge is 0.366 e. The summed E-state index contributed by atoms with van der Waals surface area (Å²) in [5, 5.41) is 0. The third-order valence-corrected chi connectivity index (χ3v) is 2.71. The number of hydrogen-bond donors (Lipinski definition) is 1. The van der Waals surface area contributed by atoms with E-state index in [2.05, 4.69) is 9.88 Å². The maximum atomic E-state index is 10.9. The summed E-state index contributed by atoms with van der Waals surface area (Å²) in [5.74, 6) is 0.521. The predicted octanol–water partition coefficient (Wildman–Crippen LogP) is 2.01. The third kappa shape index (κ3) is 4.06. The molecule has 1 aliphatic rings. The van der Waals surface area contributed by atoms with E-state index in [0.29, 0.717) is 5.56 Å². The summed E-state index contributed by atoms with van der Waals surface area (Å²) in [6.07, 6.45) is 5.29. The molecule has 1 aliphatic heterocycles. The highest BCUT2D eigenvalue weighted by Gasteiger charge is 2.12. The van der Waals surface area contributed by atoms with Crippen LogP contribution in [0.25, 0.3) is 0 Å². The molecule has 1 aromatic rings. The highest BCUT2D eigenvalue weighted by atomic mass is 35.5. The summed E-state index contributed by atoms with van der Waals surface area (Å²) in [7, 11) is 0. The molecule has 96 valence electrons. The molecule has 2 rings (SSSR count). The predicted molar refractivity (Wildman–Crippen MR) is 73.3 cm³/mol. The van der Waals surface area contributed by atoms with Gasteiger partial charge in [-0.1, -0.05) is 0 Å². The fourth-order valence-corrected chi connectivity index (χ4v) is 1.84. The van der Waals surface area contributed by atoms with Gasteiger partial charge in [0, 0.05) is 19.3 Å². The smallest absolute Gasteiger partial charge is 0.250 e. The Labute approximate surface area is 113 Å². The van der Waals surface area contributed by atoms with Crippen LogP contribution in [0.1, 0.15) is 29.6 Å². The standard InChI is InChI=1S/C11H15N3O.2ClH/c12-11(15)9-4-5-10(13-8-9)14-6-2-1-3-7-14;;/h4-5,8H,1-3,6-7H2,(H2,12,15);2*1H. The summed E-state index contributed by atoms with van der Waals surface area (Å²) in [4.78, 5) is 17.4. The first-order chi connectivity index (χ1) is 7.27. The quantitative estimate of drug-likeness (QED) is 0.900. The molecule has 0 spiro atoms. The van der Waals surface area contributed by atoms with Crippen molar-refractivity contribution in [3.8, 4) is 0 Å². The number of hydrogen-bond acceptors (Lipinski definition) is 3. The molecule has 0 bridgehead atoms. The number of nitrogens with zero attached hydrogens (tertiary/aromatic N) is 2. The molecular formula is C11H17Cl2N3O. The molecule has 0 unspecified atom stereocenters. The summed E-state index contributed by atoms with van der Waals surface area (Å²) in [6.45, 7) is 2.12. The molecule has 0 saturated carbocycles. The van der Waals surface area contributed by atoms with Crippen LogP contribution in [0, 0.1) is 0 Å². The molecule has 0 aromatic carbocycles. The zero-order valence-electron chi connectivity index (χ0n) is 9.46. The molecule has 2 N–H and O–H groups in total. The van der Waals surface area contributed by atoms with Crippen LogP contribution in [0.15, 0.2) is 18.3 Å². The molecule has 1 saturated heterocycles. The summed E-state index contributed by atoms with van der Waals surface area (Å²) in [6, 6.07) is 3.60. The SMILES string of the molecule is Cl.Cl.NC(=O)c1ccc(N2CCCCC2)nc1. The minimum absolute atomic E-state index is 0. The average molecular weight is 278 g/mol. The number of piperidine rings is 1. The number of halogens is 2. The summed E-state index contributed by atoms with van der Waals surface area (Å²) >= 11 is 0. The van der Waals surface area contributed by atoms with Gasteiger partial charge in [-0.3, -0.25) is 4.79 Å². The number of carbonyl (C=O) groups excluding carboxylic acids is 1. The van der Waals surface area contributed by atoms with Crippen LogP contribution in [0.5, 0.6) is 0 Å². The van der Waals surface area contributed by atoms with Crippen molar-refractivity contribution < 1.29 is 4.79 Å². The average Bonchev–Trinajstić information content (AvgIpc) is 2.30. The first-order valence-corrected chi connectivity index (χ1v) is 5.28. The van der Waals surface area contributed by atoms with Crippen LogP contribution in [-0.4, -0.2) is 24.0 Å². The van der Waals surface area contributed by atoms with E-state index in [1.54, 1.807) is 12.3 Å². The number of amides is 1. The van der Waals surface area contributed by atoms with E-state index in [4.69, 9.17) is 5.73 Å². The highest BCUT2D eigenvalue weighted by Crippen LogP contribution is 2.17. The molecule has 2 heterocycles. The van der Waals surface area contributed by atoms with Crippen molar-refractivity contribution in [2.24, 2.45) is 5.73 Å². The van der Waals surface area contributed by atoms with Crippen molar-refractivity contribution in [3.05, 3.63) is 23.9 Å². The van der Waals surface area contributed by atoms with Crippen LogP contribution in [-0.2, 0) is 0 Å². The molecule has 0 atom stereocenters. The second-order valence-corrected chi connectivity index (χ2v) is 3.82. The van der Waals surface area contributed by atoms with Crippen molar-refractivity contribution in [3.63, 3.8) is 0 Å².